The molecule has 118 valence electrons. The Labute approximate surface area is 134 Å². The van der Waals surface area contributed by atoms with Crippen molar-refractivity contribution in [1.82, 2.24) is 25.1 Å². The van der Waals surface area contributed by atoms with Crippen LogP contribution in [0.4, 0.5) is 5.69 Å². The van der Waals surface area contributed by atoms with E-state index in [2.05, 4.69) is 15.5 Å². The fourth-order valence-corrected chi connectivity index (χ4v) is 2.63. The van der Waals surface area contributed by atoms with Gasteiger partial charge in [0, 0.05) is 40.4 Å². The van der Waals surface area contributed by atoms with Gasteiger partial charge < -0.3 is 9.80 Å². The Balaban J connectivity index is 1.86. The van der Waals surface area contributed by atoms with Crippen LogP contribution in [-0.2, 0) is 18.4 Å². The van der Waals surface area contributed by atoms with Crippen molar-refractivity contribution in [3.63, 3.8) is 0 Å². The third-order valence-corrected chi connectivity index (χ3v) is 4.20. The number of nitrogens with zero attached hydrogens (tertiary/aromatic N) is 6. The lowest BCUT2D eigenvalue weighted by atomic mass is 10.2. The van der Waals surface area contributed by atoms with Crippen molar-refractivity contribution in [2.75, 3.05) is 31.8 Å². The molecule has 0 saturated carbocycles. The number of aryl methyl sites for hydroxylation is 1. The summed E-state index contributed by atoms with van der Waals surface area (Å²) < 4.78 is 1.55. The molecule has 22 heavy (non-hydrogen) atoms. The predicted octanol–water partition coefficient (Wildman–Crippen LogP) is 1.03. The summed E-state index contributed by atoms with van der Waals surface area (Å²) in [5.41, 5.74) is 2.25. The Morgan fingerprint density at radius 3 is 2.45 bits per heavy atom. The van der Waals surface area contributed by atoms with Crippen LogP contribution in [0, 0.1) is 0 Å². The molecule has 1 aromatic heterocycles. The van der Waals surface area contributed by atoms with Gasteiger partial charge in [-0.1, -0.05) is 23.9 Å². The van der Waals surface area contributed by atoms with Crippen LogP contribution < -0.4 is 4.90 Å². The van der Waals surface area contributed by atoms with E-state index in [9.17, 15) is 4.79 Å². The second kappa shape index (κ2) is 7.26. The molecule has 0 N–H and O–H groups in total. The zero-order valence-corrected chi connectivity index (χ0v) is 14.0. The molecule has 0 aliphatic carbocycles. The number of anilines is 1. The molecule has 1 heterocycles. The van der Waals surface area contributed by atoms with E-state index >= 15 is 0 Å². The number of hydrogen-bond acceptors (Lipinski definition) is 6. The van der Waals surface area contributed by atoms with Crippen LogP contribution in [-0.4, -0.2) is 57.9 Å². The van der Waals surface area contributed by atoms with Gasteiger partial charge in [0.1, 0.15) is 0 Å². The van der Waals surface area contributed by atoms with Crippen LogP contribution in [0.25, 0.3) is 0 Å². The highest BCUT2D eigenvalue weighted by molar-refractivity contribution is 7.99. The predicted molar refractivity (Wildman–Crippen MR) is 86.8 cm³/mol. The monoisotopic (exact) mass is 320 g/mol. The van der Waals surface area contributed by atoms with Gasteiger partial charge in [0.05, 0.1) is 5.75 Å². The Morgan fingerprint density at radius 1 is 1.23 bits per heavy atom. The topological polar surface area (TPSA) is 67.2 Å². The van der Waals surface area contributed by atoms with Gasteiger partial charge >= 0.3 is 0 Å². The molecular formula is C14H20N6OS. The molecule has 2 aromatic rings. The Bertz CT molecular complexity index is 625. The van der Waals surface area contributed by atoms with Crippen LogP contribution in [0.2, 0.25) is 0 Å². The van der Waals surface area contributed by atoms with Gasteiger partial charge in [-0.15, -0.1) is 5.10 Å². The lowest BCUT2D eigenvalue weighted by Crippen LogP contribution is -2.27. The second-order valence-electron chi connectivity index (χ2n) is 5.18. The first kappa shape index (κ1) is 16.3. The first-order valence-electron chi connectivity index (χ1n) is 6.82. The van der Waals surface area contributed by atoms with Crippen molar-refractivity contribution in [3.05, 3.63) is 29.8 Å². The highest BCUT2D eigenvalue weighted by Gasteiger charge is 2.12. The number of aromatic nitrogens is 4. The quantitative estimate of drug-likeness (QED) is 0.741. The standard InChI is InChI=1S/C14H20N6OS/c1-18(2)12-7-5-11(6-8-12)9-19(3)13(21)10-22-14-15-16-17-20(14)4/h5-8H,9-10H2,1-4H3. The van der Waals surface area contributed by atoms with E-state index in [1.165, 1.54) is 11.8 Å². The highest BCUT2D eigenvalue weighted by atomic mass is 32.2. The fraction of sp³-hybridized carbons (Fsp3) is 0.429. The van der Waals surface area contributed by atoms with Crippen molar-refractivity contribution in [2.24, 2.45) is 7.05 Å². The van der Waals surface area contributed by atoms with Crippen LogP contribution in [0.5, 0.6) is 0 Å². The van der Waals surface area contributed by atoms with E-state index in [-0.39, 0.29) is 5.91 Å². The molecule has 7 nitrogen and oxygen atoms in total. The van der Waals surface area contributed by atoms with Crippen molar-refractivity contribution in [3.8, 4) is 0 Å². The van der Waals surface area contributed by atoms with Gasteiger partial charge in [-0.25, -0.2) is 4.68 Å². The Kier molecular flexibility index (Phi) is 5.37. The van der Waals surface area contributed by atoms with Gasteiger partial charge in [0.2, 0.25) is 11.1 Å². The number of amides is 1. The molecule has 0 saturated heterocycles. The highest BCUT2D eigenvalue weighted by Crippen LogP contribution is 2.15. The second-order valence-corrected chi connectivity index (χ2v) is 6.13. The van der Waals surface area contributed by atoms with Crippen LogP contribution in [0.3, 0.4) is 0 Å². The fourth-order valence-electron chi connectivity index (χ4n) is 1.84. The minimum Gasteiger partial charge on any atom is -0.378 e. The van der Waals surface area contributed by atoms with E-state index in [0.29, 0.717) is 17.5 Å². The van der Waals surface area contributed by atoms with Gasteiger partial charge in [0.15, 0.2) is 0 Å². The van der Waals surface area contributed by atoms with Gasteiger partial charge in [-0.3, -0.25) is 4.79 Å². The largest absolute Gasteiger partial charge is 0.378 e. The van der Waals surface area contributed by atoms with E-state index < -0.39 is 0 Å². The van der Waals surface area contributed by atoms with Crippen molar-refractivity contribution < 1.29 is 4.79 Å². The van der Waals surface area contributed by atoms with Crippen molar-refractivity contribution in [1.29, 1.82) is 0 Å². The number of carbonyl (C=O) groups is 1. The average molecular weight is 320 g/mol. The number of rotatable bonds is 6. The molecular weight excluding hydrogens is 300 g/mol. The van der Waals surface area contributed by atoms with E-state index in [4.69, 9.17) is 0 Å². The molecule has 0 spiro atoms. The maximum atomic E-state index is 12.1. The minimum absolute atomic E-state index is 0.0460. The summed E-state index contributed by atoms with van der Waals surface area (Å²) in [4.78, 5) is 15.9. The van der Waals surface area contributed by atoms with Gasteiger partial charge in [-0.05, 0) is 28.1 Å². The van der Waals surface area contributed by atoms with E-state index in [0.717, 1.165) is 11.3 Å². The summed E-state index contributed by atoms with van der Waals surface area (Å²) in [7, 11) is 7.56. The summed E-state index contributed by atoms with van der Waals surface area (Å²) in [6.07, 6.45) is 0. The van der Waals surface area contributed by atoms with Crippen LogP contribution >= 0.6 is 11.8 Å². The Morgan fingerprint density at radius 2 is 1.91 bits per heavy atom. The van der Waals surface area contributed by atoms with Gasteiger partial charge in [0.25, 0.3) is 0 Å². The minimum atomic E-state index is 0.0460. The summed E-state index contributed by atoms with van der Waals surface area (Å²) >= 11 is 1.34. The average Bonchev–Trinajstić information content (AvgIpc) is 2.90. The maximum Gasteiger partial charge on any atom is 0.233 e. The first-order chi connectivity index (χ1) is 10.5. The van der Waals surface area contributed by atoms with Gasteiger partial charge in [-0.2, -0.15) is 0 Å². The van der Waals surface area contributed by atoms with Crippen molar-refractivity contribution >= 4 is 23.4 Å². The molecule has 2 rings (SSSR count). The van der Waals surface area contributed by atoms with Crippen LogP contribution in [0.15, 0.2) is 29.4 Å². The zero-order valence-electron chi connectivity index (χ0n) is 13.2. The summed E-state index contributed by atoms with van der Waals surface area (Å²) in [5.74, 6) is 0.366. The number of thioether (sulfide) groups is 1. The maximum absolute atomic E-state index is 12.1. The molecule has 0 atom stereocenters. The number of benzene rings is 1. The zero-order chi connectivity index (χ0) is 16.1. The first-order valence-corrected chi connectivity index (χ1v) is 7.81. The molecule has 0 fully saturated rings. The number of carbonyl (C=O) groups excluding carboxylic acids is 1. The lowest BCUT2D eigenvalue weighted by molar-refractivity contribution is -0.127. The molecule has 0 aliphatic heterocycles. The van der Waals surface area contributed by atoms with Crippen molar-refractivity contribution in [2.45, 2.75) is 11.7 Å². The summed E-state index contributed by atoms with van der Waals surface area (Å²) in [5, 5.41) is 11.8. The smallest absolute Gasteiger partial charge is 0.233 e. The normalized spacial score (nSPS) is 10.5. The molecule has 8 heteroatoms. The summed E-state index contributed by atoms with van der Waals surface area (Å²) in [6, 6.07) is 8.18. The lowest BCUT2D eigenvalue weighted by Gasteiger charge is -2.18. The van der Waals surface area contributed by atoms with E-state index in [1.807, 2.05) is 43.3 Å². The third kappa shape index (κ3) is 4.20. The van der Waals surface area contributed by atoms with E-state index in [1.54, 1.807) is 23.7 Å². The number of tetrazole rings is 1. The molecule has 1 aromatic carbocycles. The SMILES string of the molecule is CN(Cc1ccc(N(C)C)cc1)C(=O)CSc1nnnn1C. The van der Waals surface area contributed by atoms with Crippen LogP contribution in [0.1, 0.15) is 5.56 Å². The molecule has 0 bridgehead atoms. The molecule has 1 amide bonds. The third-order valence-electron chi connectivity index (χ3n) is 3.20. The molecule has 0 radical (unpaired) electrons. The molecule has 0 unspecified atom stereocenters. The molecule has 0 aliphatic rings. The Hall–Kier alpha value is -2.09. The summed E-state index contributed by atoms with van der Waals surface area (Å²) in [6.45, 7) is 0.587. The number of hydrogen-bond donors (Lipinski definition) is 0.